The molecule has 1 heterocycles. The Morgan fingerprint density at radius 3 is 2.50 bits per heavy atom. The topological polar surface area (TPSA) is 80.2 Å². The van der Waals surface area contributed by atoms with E-state index in [9.17, 15) is 14.0 Å². The lowest BCUT2D eigenvalue weighted by Gasteiger charge is -2.20. The molecule has 1 aliphatic heterocycles. The number of nitrogens with one attached hydrogen (secondary N) is 1. The Kier molecular flexibility index (Phi) is 9.77. The third-order valence-corrected chi connectivity index (χ3v) is 6.63. The molecule has 0 bridgehead atoms. The number of amidine groups is 1. The number of carbonyl (C=O) groups is 2. The molecule has 0 saturated carbocycles. The number of benzene rings is 2. The zero-order valence-corrected chi connectivity index (χ0v) is 23.8. The number of hydrogen-bond acceptors (Lipinski definition) is 6. The molecule has 0 radical (unpaired) electrons. The molecule has 3 rings (SSSR count). The molecule has 10 heteroatoms. The molecule has 7 nitrogen and oxygen atoms in total. The second kappa shape index (κ2) is 12.6. The highest BCUT2D eigenvalue weighted by Crippen LogP contribution is 2.38. The molecule has 1 aliphatic rings. The molecule has 0 atom stereocenters. The summed E-state index contributed by atoms with van der Waals surface area (Å²) < 4.78 is 25.4. The maximum Gasteiger partial charge on any atom is 0.266 e. The van der Waals surface area contributed by atoms with Crippen LogP contribution in [-0.2, 0) is 9.59 Å². The van der Waals surface area contributed by atoms with E-state index in [1.54, 1.807) is 11.0 Å². The van der Waals surface area contributed by atoms with Gasteiger partial charge in [0.1, 0.15) is 5.82 Å². The molecular weight excluding hydrogens is 596 g/mol. The quantitative estimate of drug-likeness (QED) is 0.276. The highest BCUT2D eigenvalue weighted by atomic mass is 127. The molecule has 36 heavy (non-hydrogen) atoms. The smallest absolute Gasteiger partial charge is 0.266 e. The van der Waals surface area contributed by atoms with Crippen LogP contribution in [0.3, 0.4) is 0 Å². The van der Waals surface area contributed by atoms with Crippen molar-refractivity contribution in [1.29, 1.82) is 0 Å². The van der Waals surface area contributed by atoms with Gasteiger partial charge in [0.25, 0.3) is 11.8 Å². The van der Waals surface area contributed by atoms with Crippen LogP contribution in [0.25, 0.3) is 6.08 Å². The Labute approximate surface area is 228 Å². The predicted molar refractivity (Wildman–Crippen MR) is 151 cm³/mol. The van der Waals surface area contributed by atoms with Gasteiger partial charge in [0.05, 0.1) is 15.1 Å². The van der Waals surface area contributed by atoms with Gasteiger partial charge in [0.2, 0.25) is 0 Å². The standard InChI is InChI=1S/C26H29FIN3O4S/c1-6-34-21-12-17(13-22-25(33)31(16(4)5)26(36-22)29-15(2)3)11-20(28)24(21)35-14-23(32)30-19-9-7-18(27)8-10-19/h7-13,15-16H,6,14H2,1-5H3,(H,30,32)/b22-13+,29-26?. The van der Waals surface area contributed by atoms with E-state index in [1.165, 1.54) is 36.0 Å². The molecule has 2 amide bonds. The van der Waals surface area contributed by atoms with Gasteiger partial charge in [-0.3, -0.25) is 19.5 Å². The Morgan fingerprint density at radius 2 is 1.89 bits per heavy atom. The number of hydrogen-bond donors (Lipinski definition) is 1. The summed E-state index contributed by atoms with van der Waals surface area (Å²) in [6, 6.07) is 9.21. The maximum absolute atomic E-state index is 13.1. The van der Waals surface area contributed by atoms with Crippen molar-refractivity contribution in [1.82, 2.24) is 4.90 Å². The van der Waals surface area contributed by atoms with Crippen molar-refractivity contribution in [3.8, 4) is 11.5 Å². The van der Waals surface area contributed by atoms with Gasteiger partial charge in [-0.25, -0.2) is 4.39 Å². The monoisotopic (exact) mass is 625 g/mol. The van der Waals surface area contributed by atoms with Crippen molar-refractivity contribution in [3.63, 3.8) is 0 Å². The molecular formula is C26H29FIN3O4S. The fraction of sp³-hybridized carbons (Fsp3) is 0.346. The summed E-state index contributed by atoms with van der Waals surface area (Å²) in [6.07, 6.45) is 1.82. The van der Waals surface area contributed by atoms with Crippen LogP contribution < -0.4 is 14.8 Å². The van der Waals surface area contributed by atoms with E-state index in [2.05, 4.69) is 32.9 Å². The van der Waals surface area contributed by atoms with Crippen molar-refractivity contribution in [2.45, 2.75) is 46.7 Å². The van der Waals surface area contributed by atoms with Gasteiger partial charge in [-0.15, -0.1) is 0 Å². The molecule has 1 N–H and O–H groups in total. The number of rotatable bonds is 9. The normalized spacial score (nSPS) is 15.9. The van der Waals surface area contributed by atoms with Crippen LogP contribution in [0.15, 0.2) is 46.3 Å². The minimum absolute atomic E-state index is 0.00986. The number of halogens is 2. The first-order valence-corrected chi connectivity index (χ1v) is 13.4. The molecule has 0 aromatic heterocycles. The van der Waals surface area contributed by atoms with Crippen molar-refractivity contribution in [2.75, 3.05) is 18.5 Å². The van der Waals surface area contributed by atoms with Crippen LogP contribution >= 0.6 is 34.4 Å². The summed E-state index contributed by atoms with van der Waals surface area (Å²) in [6.45, 7) is 9.89. The van der Waals surface area contributed by atoms with Gasteiger partial charge < -0.3 is 14.8 Å². The number of thioether (sulfide) groups is 1. The van der Waals surface area contributed by atoms with E-state index in [4.69, 9.17) is 9.47 Å². The molecule has 0 aliphatic carbocycles. The Balaban J connectivity index is 1.81. The van der Waals surface area contributed by atoms with Crippen LogP contribution in [0.5, 0.6) is 11.5 Å². The number of carbonyl (C=O) groups excluding carboxylic acids is 2. The van der Waals surface area contributed by atoms with E-state index in [-0.39, 0.29) is 36.3 Å². The van der Waals surface area contributed by atoms with Gasteiger partial charge in [0, 0.05) is 17.8 Å². The number of aliphatic imine (C=N–C) groups is 1. The van der Waals surface area contributed by atoms with E-state index in [0.717, 1.165) is 9.13 Å². The SMILES string of the molecule is CCOc1cc(/C=C2/SC(=NC(C)C)N(C(C)C)C2=O)cc(I)c1OCC(=O)Nc1ccc(F)cc1. The zero-order valence-electron chi connectivity index (χ0n) is 20.8. The first-order chi connectivity index (χ1) is 17.1. The zero-order chi connectivity index (χ0) is 26.4. The van der Waals surface area contributed by atoms with Crippen LogP contribution in [0.2, 0.25) is 0 Å². The van der Waals surface area contributed by atoms with E-state index in [1.807, 2.05) is 46.8 Å². The number of anilines is 1. The number of nitrogens with zero attached hydrogens (tertiary/aromatic N) is 2. The summed E-state index contributed by atoms with van der Waals surface area (Å²) in [4.78, 5) is 32.3. The van der Waals surface area contributed by atoms with Gasteiger partial charge in [-0.2, -0.15) is 0 Å². The fourth-order valence-electron chi connectivity index (χ4n) is 3.35. The third kappa shape index (κ3) is 7.22. The Morgan fingerprint density at radius 1 is 1.19 bits per heavy atom. The highest BCUT2D eigenvalue weighted by Gasteiger charge is 2.35. The van der Waals surface area contributed by atoms with Gasteiger partial charge in [-0.1, -0.05) is 0 Å². The lowest BCUT2D eigenvalue weighted by atomic mass is 10.1. The third-order valence-electron chi connectivity index (χ3n) is 4.83. The highest BCUT2D eigenvalue weighted by molar-refractivity contribution is 14.1. The predicted octanol–water partition coefficient (Wildman–Crippen LogP) is 5.94. The van der Waals surface area contributed by atoms with Crippen molar-refractivity contribution < 1.29 is 23.5 Å². The maximum atomic E-state index is 13.1. The summed E-state index contributed by atoms with van der Waals surface area (Å²) in [5.74, 6) is 0.0568. The molecule has 0 unspecified atom stereocenters. The largest absolute Gasteiger partial charge is 0.490 e. The lowest BCUT2D eigenvalue weighted by molar-refractivity contribution is -0.123. The average molecular weight is 626 g/mol. The number of ether oxygens (including phenoxy) is 2. The molecule has 0 spiro atoms. The minimum atomic E-state index is -0.384. The minimum Gasteiger partial charge on any atom is -0.490 e. The van der Waals surface area contributed by atoms with Gasteiger partial charge >= 0.3 is 0 Å². The van der Waals surface area contributed by atoms with E-state index >= 15 is 0 Å². The van der Waals surface area contributed by atoms with Crippen molar-refractivity contribution >= 4 is 63.1 Å². The first-order valence-electron chi connectivity index (χ1n) is 11.5. The van der Waals surface area contributed by atoms with Crippen LogP contribution in [-0.4, -0.2) is 47.2 Å². The first kappa shape index (κ1) is 28.0. The molecule has 2 aromatic rings. The summed E-state index contributed by atoms with van der Waals surface area (Å²) in [5, 5.41) is 3.36. The lowest BCUT2D eigenvalue weighted by Crippen LogP contribution is -2.35. The van der Waals surface area contributed by atoms with Crippen LogP contribution in [0.4, 0.5) is 10.1 Å². The molecule has 1 fully saturated rings. The van der Waals surface area contributed by atoms with E-state index < -0.39 is 0 Å². The van der Waals surface area contributed by atoms with Crippen LogP contribution in [0.1, 0.15) is 40.2 Å². The Hall–Kier alpha value is -2.60. The molecule has 192 valence electrons. The van der Waals surface area contributed by atoms with Gasteiger partial charge in [0.15, 0.2) is 23.3 Å². The Bertz CT molecular complexity index is 1180. The van der Waals surface area contributed by atoms with E-state index in [0.29, 0.717) is 33.9 Å². The summed E-state index contributed by atoms with van der Waals surface area (Å²) in [7, 11) is 0. The van der Waals surface area contributed by atoms with Crippen molar-refractivity contribution in [2.24, 2.45) is 4.99 Å². The summed E-state index contributed by atoms with van der Waals surface area (Å²) >= 11 is 3.48. The van der Waals surface area contributed by atoms with Crippen LogP contribution in [0, 0.1) is 9.39 Å². The second-order valence-electron chi connectivity index (χ2n) is 8.49. The van der Waals surface area contributed by atoms with Crippen molar-refractivity contribution in [3.05, 3.63) is 56.3 Å². The fourth-order valence-corrected chi connectivity index (χ4v) is 5.36. The molecule has 2 aromatic carbocycles. The molecule has 1 saturated heterocycles. The van der Waals surface area contributed by atoms with Gasteiger partial charge in [-0.05, 0) is 117 Å². The number of amides is 2. The average Bonchev–Trinajstić information content (AvgIpc) is 3.09. The second-order valence-corrected chi connectivity index (χ2v) is 10.7. The summed E-state index contributed by atoms with van der Waals surface area (Å²) in [5.41, 5.74) is 1.25.